The first-order valence-electron chi connectivity index (χ1n) is 7.50. The molecule has 8 heteroatoms. The van der Waals surface area contributed by atoms with Gasteiger partial charge in [0.05, 0.1) is 11.6 Å². The molecule has 2 heterocycles. The summed E-state index contributed by atoms with van der Waals surface area (Å²) in [5, 5.41) is 8.12. The first kappa shape index (κ1) is 16.9. The van der Waals surface area contributed by atoms with Gasteiger partial charge in [0.2, 0.25) is 11.8 Å². The van der Waals surface area contributed by atoms with E-state index in [1.165, 1.54) is 18.3 Å². The molecule has 2 amide bonds. The van der Waals surface area contributed by atoms with Gasteiger partial charge in [-0.05, 0) is 19.4 Å². The van der Waals surface area contributed by atoms with Gasteiger partial charge in [0.1, 0.15) is 0 Å². The summed E-state index contributed by atoms with van der Waals surface area (Å²) in [4.78, 5) is 29.7. The van der Waals surface area contributed by atoms with Crippen LogP contribution in [0.2, 0.25) is 0 Å². The third-order valence-electron chi connectivity index (χ3n) is 3.54. The number of amides is 2. The van der Waals surface area contributed by atoms with E-state index in [0.29, 0.717) is 24.8 Å². The Kier molecular flexibility index (Phi) is 6.29. The highest BCUT2D eigenvalue weighted by Gasteiger charge is 2.25. The summed E-state index contributed by atoms with van der Waals surface area (Å²) in [6.07, 6.45) is 1.92. The lowest BCUT2D eigenvalue weighted by atomic mass is 9.97. The third-order valence-corrected chi connectivity index (χ3v) is 4.35. The van der Waals surface area contributed by atoms with Gasteiger partial charge in [-0.1, -0.05) is 0 Å². The largest absolute Gasteiger partial charge is 0.355 e. The van der Waals surface area contributed by atoms with Crippen LogP contribution in [0.4, 0.5) is 5.13 Å². The number of hydrogen-bond acceptors (Lipinski definition) is 6. The molecule has 1 saturated heterocycles. The van der Waals surface area contributed by atoms with Crippen molar-refractivity contribution in [3.8, 4) is 0 Å². The number of carbonyl (C=O) groups is 2. The second-order valence-electron chi connectivity index (χ2n) is 5.48. The second kappa shape index (κ2) is 8.21. The topological polar surface area (TPSA) is 100 Å². The molecule has 22 heavy (non-hydrogen) atoms. The fourth-order valence-electron chi connectivity index (χ4n) is 2.57. The van der Waals surface area contributed by atoms with Crippen molar-refractivity contribution in [1.82, 2.24) is 15.2 Å². The Bertz CT molecular complexity index is 519. The van der Waals surface area contributed by atoms with Crippen molar-refractivity contribution in [2.75, 3.05) is 31.5 Å². The molecule has 2 rings (SSSR count). The SMILES string of the molecule is CC(=O)Nc1nc(CN2CCCC(C(=O)NCCN)C2)cs1. The molecule has 1 atom stereocenters. The average molecular weight is 325 g/mol. The highest BCUT2D eigenvalue weighted by Crippen LogP contribution is 2.21. The second-order valence-corrected chi connectivity index (χ2v) is 6.34. The van der Waals surface area contributed by atoms with Crippen LogP contribution < -0.4 is 16.4 Å². The number of hydrogen-bond donors (Lipinski definition) is 3. The predicted octanol–water partition coefficient (Wildman–Crippen LogP) is 0.388. The third kappa shape index (κ3) is 5.04. The molecule has 0 spiro atoms. The fourth-order valence-corrected chi connectivity index (χ4v) is 3.32. The standard InChI is InChI=1S/C14H23N5O2S/c1-10(20)17-14-18-12(9-22-14)8-19-6-2-3-11(7-19)13(21)16-5-4-15/h9,11H,2-8,15H2,1H3,(H,16,21)(H,17,18,20). The maximum absolute atomic E-state index is 12.0. The fraction of sp³-hybridized carbons (Fsp3) is 0.643. The molecule has 0 aromatic carbocycles. The Morgan fingerprint density at radius 3 is 3.09 bits per heavy atom. The zero-order valence-electron chi connectivity index (χ0n) is 12.8. The molecule has 0 radical (unpaired) electrons. The number of rotatable bonds is 6. The number of nitrogens with two attached hydrogens (primary N) is 1. The van der Waals surface area contributed by atoms with Crippen molar-refractivity contribution in [2.24, 2.45) is 11.7 Å². The Hall–Kier alpha value is -1.51. The first-order chi connectivity index (χ1) is 10.6. The van der Waals surface area contributed by atoms with Crippen LogP contribution in [0.5, 0.6) is 0 Å². The van der Waals surface area contributed by atoms with E-state index < -0.39 is 0 Å². The van der Waals surface area contributed by atoms with E-state index >= 15 is 0 Å². The number of aromatic nitrogens is 1. The average Bonchev–Trinajstić information content (AvgIpc) is 2.91. The monoisotopic (exact) mass is 325 g/mol. The number of nitrogens with one attached hydrogen (secondary N) is 2. The van der Waals surface area contributed by atoms with Crippen molar-refractivity contribution in [1.29, 1.82) is 0 Å². The van der Waals surface area contributed by atoms with Gasteiger partial charge in [0, 0.05) is 38.5 Å². The van der Waals surface area contributed by atoms with Gasteiger partial charge < -0.3 is 16.4 Å². The van der Waals surface area contributed by atoms with E-state index in [4.69, 9.17) is 5.73 Å². The van der Waals surface area contributed by atoms with E-state index in [1.807, 2.05) is 5.38 Å². The molecule has 0 saturated carbocycles. The van der Waals surface area contributed by atoms with Crippen LogP contribution in [0.25, 0.3) is 0 Å². The van der Waals surface area contributed by atoms with Crippen LogP contribution in [-0.4, -0.2) is 47.9 Å². The maximum Gasteiger partial charge on any atom is 0.224 e. The molecule has 1 aliphatic heterocycles. The lowest BCUT2D eigenvalue weighted by Crippen LogP contribution is -2.43. The van der Waals surface area contributed by atoms with Crippen LogP contribution >= 0.6 is 11.3 Å². The number of thiazole rings is 1. The van der Waals surface area contributed by atoms with E-state index in [9.17, 15) is 9.59 Å². The Balaban J connectivity index is 1.85. The smallest absolute Gasteiger partial charge is 0.224 e. The molecule has 1 aromatic rings. The van der Waals surface area contributed by atoms with Crippen molar-refractivity contribution >= 4 is 28.3 Å². The molecule has 4 N–H and O–H groups in total. The Labute approximate surface area is 134 Å². The molecule has 1 unspecified atom stereocenters. The Morgan fingerprint density at radius 2 is 2.36 bits per heavy atom. The van der Waals surface area contributed by atoms with E-state index in [-0.39, 0.29) is 17.7 Å². The predicted molar refractivity (Wildman–Crippen MR) is 86.5 cm³/mol. The van der Waals surface area contributed by atoms with Gasteiger partial charge in [-0.15, -0.1) is 11.3 Å². The minimum Gasteiger partial charge on any atom is -0.355 e. The molecule has 1 fully saturated rings. The number of nitrogens with zero attached hydrogens (tertiary/aromatic N) is 2. The number of carbonyl (C=O) groups excluding carboxylic acids is 2. The summed E-state index contributed by atoms with van der Waals surface area (Å²) in [6, 6.07) is 0. The minimum atomic E-state index is -0.115. The molecule has 0 bridgehead atoms. The van der Waals surface area contributed by atoms with Crippen LogP contribution in [0, 0.1) is 5.92 Å². The van der Waals surface area contributed by atoms with E-state index in [0.717, 1.165) is 31.6 Å². The normalized spacial score (nSPS) is 18.9. The lowest BCUT2D eigenvalue weighted by Gasteiger charge is -2.31. The maximum atomic E-state index is 12.0. The number of likely N-dealkylation sites (tertiary alicyclic amines) is 1. The van der Waals surface area contributed by atoms with Gasteiger partial charge in [0.15, 0.2) is 5.13 Å². The Morgan fingerprint density at radius 1 is 1.55 bits per heavy atom. The highest BCUT2D eigenvalue weighted by molar-refractivity contribution is 7.13. The lowest BCUT2D eigenvalue weighted by molar-refractivity contribution is -0.126. The summed E-state index contributed by atoms with van der Waals surface area (Å²) >= 11 is 1.42. The molecule has 1 aliphatic rings. The zero-order valence-corrected chi connectivity index (χ0v) is 13.6. The van der Waals surface area contributed by atoms with Crippen molar-refractivity contribution in [3.05, 3.63) is 11.1 Å². The quantitative estimate of drug-likeness (QED) is 0.702. The summed E-state index contributed by atoms with van der Waals surface area (Å²) in [5.41, 5.74) is 6.34. The van der Waals surface area contributed by atoms with Crippen LogP contribution in [-0.2, 0) is 16.1 Å². The molecular formula is C14H23N5O2S. The van der Waals surface area contributed by atoms with Gasteiger partial charge in [-0.3, -0.25) is 14.5 Å². The van der Waals surface area contributed by atoms with Gasteiger partial charge in [-0.2, -0.15) is 0 Å². The molecule has 0 aliphatic carbocycles. The number of anilines is 1. The summed E-state index contributed by atoms with van der Waals surface area (Å²) in [5.74, 6) is -0.00312. The molecule has 1 aromatic heterocycles. The number of piperidine rings is 1. The summed E-state index contributed by atoms with van der Waals surface area (Å²) < 4.78 is 0. The molecule has 122 valence electrons. The van der Waals surface area contributed by atoms with Gasteiger partial charge >= 0.3 is 0 Å². The van der Waals surface area contributed by atoms with E-state index in [2.05, 4.69) is 20.5 Å². The zero-order chi connectivity index (χ0) is 15.9. The van der Waals surface area contributed by atoms with Gasteiger partial charge in [-0.25, -0.2) is 4.98 Å². The first-order valence-corrected chi connectivity index (χ1v) is 8.38. The van der Waals surface area contributed by atoms with Gasteiger partial charge in [0.25, 0.3) is 0 Å². The highest BCUT2D eigenvalue weighted by atomic mass is 32.1. The van der Waals surface area contributed by atoms with Crippen LogP contribution in [0.1, 0.15) is 25.5 Å². The van der Waals surface area contributed by atoms with Crippen LogP contribution in [0.15, 0.2) is 5.38 Å². The van der Waals surface area contributed by atoms with Crippen molar-refractivity contribution < 1.29 is 9.59 Å². The van der Waals surface area contributed by atoms with Crippen molar-refractivity contribution in [3.63, 3.8) is 0 Å². The van der Waals surface area contributed by atoms with Crippen molar-refractivity contribution in [2.45, 2.75) is 26.3 Å². The van der Waals surface area contributed by atoms with E-state index in [1.54, 1.807) is 0 Å². The summed E-state index contributed by atoms with van der Waals surface area (Å²) in [6.45, 7) is 4.87. The molecule has 7 nitrogen and oxygen atoms in total. The molecular weight excluding hydrogens is 302 g/mol. The summed E-state index contributed by atoms with van der Waals surface area (Å²) in [7, 11) is 0. The van der Waals surface area contributed by atoms with Crippen LogP contribution in [0.3, 0.4) is 0 Å². The minimum absolute atomic E-state index is 0.0220.